The van der Waals surface area contributed by atoms with Gasteiger partial charge in [-0.05, 0) is 25.5 Å². The van der Waals surface area contributed by atoms with Gasteiger partial charge in [-0.2, -0.15) is 13.2 Å². The molecule has 0 aromatic carbocycles. The van der Waals surface area contributed by atoms with E-state index in [-0.39, 0.29) is 19.5 Å². The summed E-state index contributed by atoms with van der Waals surface area (Å²) in [6, 6.07) is 2.30. The molecule has 1 unspecified atom stereocenters. The number of carbonyl (C=O) groups is 2. The summed E-state index contributed by atoms with van der Waals surface area (Å²) in [4.78, 5) is 27.7. The summed E-state index contributed by atoms with van der Waals surface area (Å²) >= 11 is 0. The molecule has 2 rings (SSSR count). The summed E-state index contributed by atoms with van der Waals surface area (Å²) in [6.45, 7) is 1.46. The van der Waals surface area contributed by atoms with Crippen LogP contribution in [0, 0.1) is 5.41 Å². The van der Waals surface area contributed by atoms with E-state index < -0.39 is 34.7 Å². The smallest absolute Gasteiger partial charge is 0.434 e. The first-order valence-corrected chi connectivity index (χ1v) is 6.20. The first-order chi connectivity index (χ1) is 9.65. The molecule has 114 valence electrons. The van der Waals surface area contributed by atoms with Gasteiger partial charge in [0.05, 0.1) is 11.0 Å². The molecule has 0 aliphatic carbocycles. The van der Waals surface area contributed by atoms with Crippen LogP contribution in [-0.2, 0) is 11.0 Å². The predicted molar refractivity (Wildman–Crippen MR) is 65.5 cm³/mol. The second-order valence-corrected chi connectivity index (χ2v) is 5.24. The molecule has 21 heavy (non-hydrogen) atoms. The average molecular weight is 302 g/mol. The summed E-state index contributed by atoms with van der Waals surface area (Å²) in [7, 11) is 0. The van der Waals surface area contributed by atoms with E-state index in [1.54, 1.807) is 0 Å². The highest BCUT2D eigenvalue weighted by molar-refractivity contribution is 5.96. The second kappa shape index (κ2) is 5.01. The predicted octanol–water partition coefficient (Wildman–Crippen LogP) is 2.04. The van der Waals surface area contributed by atoms with E-state index in [2.05, 4.69) is 4.98 Å². The number of carbonyl (C=O) groups excluding carboxylic acids is 1. The lowest BCUT2D eigenvalue weighted by atomic mass is 9.90. The number of rotatable bonds is 2. The summed E-state index contributed by atoms with van der Waals surface area (Å²) in [5, 5.41) is 9.10. The molecule has 0 spiro atoms. The Kier molecular flexibility index (Phi) is 3.65. The number of carboxylic acid groups (broad SMARTS) is 1. The number of hydrogen-bond acceptors (Lipinski definition) is 3. The molecule has 1 saturated heterocycles. The van der Waals surface area contributed by atoms with Gasteiger partial charge >= 0.3 is 12.1 Å². The van der Waals surface area contributed by atoms with Crippen molar-refractivity contribution in [3.63, 3.8) is 0 Å². The number of amides is 1. The second-order valence-electron chi connectivity index (χ2n) is 5.24. The number of hydrogen-bond donors (Lipinski definition) is 1. The Morgan fingerprint density at radius 2 is 2.10 bits per heavy atom. The van der Waals surface area contributed by atoms with E-state index in [4.69, 9.17) is 5.11 Å². The standard InChI is InChI=1S/C13H13F3N2O3/c1-12(11(20)21)4-6-18(7-12)10(19)8-3-2-5-17-9(8)13(14,15)16/h2-3,5H,4,6-7H2,1H3,(H,20,21). The molecule has 1 aliphatic heterocycles. The van der Waals surface area contributed by atoms with Crippen molar-refractivity contribution in [2.75, 3.05) is 13.1 Å². The Morgan fingerprint density at radius 1 is 1.43 bits per heavy atom. The van der Waals surface area contributed by atoms with Crippen LogP contribution in [0.5, 0.6) is 0 Å². The fourth-order valence-corrected chi connectivity index (χ4v) is 2.28. The van der Waals surface area contributed by atoms with E-state index in [0.717, 1.165) is 17.2 Å². The minimum absolute atomic E-state index is 0.105. The van der Waals surface area contributed by atoms with Crippen LogP contribution in [0.4, 0.5) is 13.2 Å². The Bertz CT molecular complexity index is 588. The molecule has 1 aliphatic rings. The molecular weight excluding hydrogens is 289 g/mol. The van der Waals surface area contributed by atoms with Crippen molar-refractivity contribution < 1.29 is 27.9 Å². The summed E-state index contributed by atoms with van der Waals surface area (Å²) in [5.74, 6) is -1.92. The molecule has 5 nitrogen and oxygen atoms in total. The van der Waals surface area contributed by atoms with Gasteiger partial charge in [-0.25, -0.2) is 0 Å². The molecule has 0 saturated carbocycles. The normalized spacial score (nSPS) is 22.4. The van der Waals surface area contributed by atoms with Gasteiger partial charge in [0.1, 0.15) is 0 Å². The van der Waals surface area contributed by atoms with Gasteiger partial charge in [-0.3, -0.25) is 14.6 Å². The Labute approximate surface area is 118 Å². The average Bonchev–Trinajstić information content (AvgIpc) is 2.81. The minimum Gasteiger partial charge on any atom is -0.481 e. The first kappa shape index (κ1) is 15.3. The lowest BCUT2D eigenvalue weighted by Gasteiger charge is -2.21. The largest absolute Gasteiger partial charge is 0.481 e. The van der Waals surface area contributed by atoms with E-state index in [0.29, 0.717) is 0 Å². The van der Waals surface area contributed by atoms with Gasteiger partial charge in [0, 0.05) is 19.3 Å². The zero-order valence-corrected chi connectivity index (χ0v) is 11.1. The third-order valence-electron chi connectivity index (χ3n) is 3.58. The van der Waals surface area contributed by atoms with Crippen LogP contribution in [0.1, 0.15) is 29.4 Å². The SMILES string of the molecule is CC1(C(=O)O)CCN(C(=O)c2cccnc2C(F)(F)F)C1. The van der Waals surface area contributed by atoms with Crippen molar-refractivity contribution in [1.29, 1.82) is 0 Å². The van der Waals surface area contributed by atoms with E-state index >= 15 is 0 Å². The van der Waals surface area contributed by atoms with Crippen LogP contribution in [-0.4, -0.2) is 40.0 Å². The number of aliphatic carboxylic acids is 1. The number of aromatic nitrogens is 1. The summed E-state index contributed by atoms with van der Waals surface area (Å²) in [6.07, 6.45) is -3.57. The topological polar surface area (TPSA) is 70.5 Å². The van der Waals surface area contributed by atoms with Gasteiger partial charge in [0.15, 0.2) is 5.69 Å². The third kappa shape index (κ3) is 2.84. The first-order valence-electron chi connectivity index (χ1n) is 6.20. The maximum atomic E-state index is 12.8. The van der Waals surface area contributed by atoms with Crippen LogP contribution in [0.25, 0.3) is 0 Å². The third-order valence-corrected chi connectivity index (χ3v) is 3.58. The van der Waals surface area contributed by atoms with Crippen molar-refractivity contribution in [1.82, 2.24) is 9.88 Å². The van der Waals surface area contributed by atoms with Crippen LogP contribution < -0.4 is 0 Å². The zero-order valence-electron chi connectivity index (χ0n) is 11.1. The Morgan fingerprint density at radius 3 is 2.62 bits per heavy atom. The van der Waals surface area contributed by atoms with Crippen molar-refractivity contribution in [3.8, 4) is 0 Å². The lowest BCUT2D eigenvalue weighted by Crippen LogP contribution is -2.35. The number of alkyl halides is 3. The van der Waals surface area contributed by atoms with Gasteiger partial charge in [0.25, 0.3) is 5.91 Å². The summed E-state index contributed by atoms with van der Waals surface area (Å²) < 4.78 is 38.5. The van der Waals surface area contributed by atoms with Crippen molar-refractivity contribution >= 4 is 11.9 Å². The van der Waals surface area contributed by atoms with Gasteiger partial charge in [-0.15, -0.1) is 0 Å². The van der Waals surface area contributed by atoms with Crippen LogP contribution in [0.15, 0.2) is 18.3 Å². The van der Waals surface area contributed by atoms with Gasteiger partial charge in [0.2, 0.25) is 0 Å². The monoisotopic (exact) mass is 302 g/mol. The molecular formula is C13H13F3N2O3. The molecule has 1 amide bonds. The van der Waals surface area contributed by atoms with Crippen LogP contribution in [0.2, 0.25) is 0 Å². The maximum absolute atomic E-state index is 12.8. The minimum atomic E-state index is -4.73. The highest BCUT2D eigenvalue weighted by Crippen LogP contribution is 2.34. The maximum Gasteiger partial charge on any atom is 0.434 e. The molecule has 0 radical (unpaired) electrons. The van der Waals surface area contributed by atoms with E-state index in [1.807, 2.05) is 0 Å². The fraction of sp³-hybridized carbons (Fsp3) is 0.462. The zero-order chi connectivity index (χ0) is 15.8. The van der Waals surface area contributed by atoms with Crippen molar-refractivity contribution in [2.24, 2.45) is 5.41 Å². The van der Waals surface area contributed by atoms with Crippen LogP contribution >= 0.6 is 0 Å². The summed E-state index contributed by atoms with van der Waals surface area (Å²) in [5.41, 5.74) is -2.94. The van der Waals surface area contributed by atoms with Crippen molar-refractivity contribution in [2.45, 2.75) is 19.5 Å². The molecule has 1 fully saturated rings. The molecule has 1 atom stereocenters. The Balaban J connectivity index is 2.29. The van der Waals surface area contributed by atoms with Crippen molar-refractivity contribution in [3.05, 3.63) is 29.6 Å². The van der Waals surface area contributed by atoms with Gasteiger partial charge < -0.3 is 10.0 Å². The number of halogens is 3. The number of carboxylic acids is 1. The Hall–Kier alpha value is -2.12. The van der Waals surface area contributed by atoms with E-state index in [9.17, 15) is 22.8 Å². The highest BCUT2D eigenvalue weighted by Gasteiger charge is 2.44. The molecule has 1 aromatic rings. The molecule has 1 N–H and O–H groups in total. The molecule has 8 heteroatoms. The molecule has 0 bridgehead atoms. The van der Waals surface area contributed by atoms with E-state index in [1.165, 1.54) is 13.0 Å². The number of likely N-dealkylation sites (tertiary alicyclic amines) is 1. The lowest BCUT2D eigenvalue weighted by molar-refractivity contribution is -0.147. The fourth-order valence-electron chi connectivity index (χ4n) is 2.28. The molecule has 2 heterocycles. The quantitative estimate of drug-likeness (QED) is 0.907. The molecule has 1 aromatic heterocycles. The van der Waals surface area contributed by atoms with Gasteiger partial charge in [-0.1, -0.05) is 0 Å². The number of pyridine rings is 1. The number of nitrogens with zero attached hydrogens (tertiary/aromatic N) is 2. The van der Waals surface area contributed by atoms with Crippen LogP contribution in [0.3, 0.4) is 0 Å². The highest BCUT2D eigenvalue weighted by atomic mass is 19.4.